The van der Waals surface area contributed by atoms with E-state index in [0.29, 0.717) is 13.1 Å². The summed E-state index contributed by atoms with van der Waals surface area (Å²) in [4.78, 5) is 11.1. The Kier molecular flexibility index (Phi) is 3.90. The molecule has 0 bridgehead atoms. The number of aryl methyl sites for hydroxylation is 1. The minimum Gasteiger partial charge on any atom is -0.338 e. The molecule has 0 saturated carbocycles. The van der Waals surface area contributed by atoms with Crippen molar-refractivity contribution in [1.82, 2.24) is 25.4 Å². The van der Waals surface area contributed by atoms with Crippen LogP contribution in [0.2, 0.25) is 0 Å². The Hall–Kier alpha value is -1.59. The molecule has 0 saturated heterocycles. The van der Waals surface area contributed by atoms with Crippen molar-refractivity contribution in [3.8, 4) is 0 Å². The van der Waals surface area contributed by atoms with E-state index in [-0.39, 0.29) is 6.03 Å². The van der Waals surface area contributed by atoms with Gasteiger partial charge in [0.25, 0.3) is 0 Å². The van der Waals surface area contributed by atoms with Crippen LogP contribution in [0.25, 0.3) is 0 Å². The fraction of sp³-hybridized carbons (Fsp3) is 0.625. The molecular weight excluding hydrogens is 182 g/mol. The Labute approximate surface area is 82.7 Å². The minimum absolute atomic E-state index is 0.171. The first-order chi connectivity index (χ1) is 6.74. The number of amides is 2. The Morgan fingerprint density at radius 1 is 1.57 bits per heavy atom. The number of rotatable bonds is 4. The van der Waals surface area contributed by atoms with Gasteiger partial charge in [-0.15, -0.1) is 10.2 Å². The summed E-state index contributed by atoms with van der Waals surface area (Å²) in [6, 6.07) is -0.171. The van der Waals surface area contributed by atoms with E-state index in [9.17, 15) is 4.79 Å². The van der Waals surface area contributed by atoms with Crippen molar-refractivity contribution in [1.29, 1.82) is 0 Å². The summed E-state index contributed by atoms with van der Waals surface area (Å²) in [5.74, 6) is 0.733. The maximum atomic E-state index is 11.1. The molecule has 0 atom stereocenters. The zero-order valence-electron chi connectivity index (χ0n) is 8.45. The highest BCUT2D eigenvalue weighted by atomic mass is 16.2. The lowest BCUT2D eigenvalue weighted by Gasteiger charge is -2.05. The highest BCUT2D eigenvalue weighted by Crippen LogP contribution is 1.89. The Balaban J connectivity index is 2.27. The van der Waals surface area contributed by atoms with Crippen molar-refractivity contribution in [3.05, 3.63) is 12.2 Å². The van der Waals surface area contributed by atoms with Gasteiger partial charge < -0.3 is 15.2 Å². The number of carbonyl (C=O) groups is 1. The van der Waals surface area contributed by atoms with Crippen molar-refractivity contribution in [3.63, 3.8) is 0 Å². The molecule has 0 radical (unpaired) electrons. The predicted octanol–water partition coefficient (Wildman–Crippen LogP) is 0.0243. The third kappa shape index (κ3) is 3.04. The molecule has 1 heterocycles. The van der Waals surface area contributed by atoms with Gasteiger partial charge in [-0.1, -0.05) is 6.92 Å². The molecule has 14 heavy (non-hydrogen) atoms. The molecule has 2 amide bonds. The van der Waals surface area contributed by atoms with Crippen LogP contribution in [0.1, 0.15) is 19.2 Å². The molecule has 0 aliphatic carbocycles. The van der Waals surface area contributed by atoms with E-state index in [4.69, 9.17) is 0 Å². The highest BCUT2D eigenvalue weighted by molar-refractivity contribution is 5.73. The van der Waals surface area contributed by atoms with Gasteiger partial charge in [-0.25, -0.2) is 4.79 Å². The van der Waals surface area contributed by atoms with Crippen molar-refractivity contribution in [2.75, 3.05) is 6.54 Å². The molecule has 1 aromatic heterocycles. The number of nitrogens with zero attached hydrogens (tertiary/aromatic N) is 3. The second-order valence-electron chi connectivity index (χ2n) is 2.97. The molecular formula is C8H15N5O. The van der Waals surface area contributed by atoms with E-state index in [1.165, 1.54) is 0 Å². The van der Waals surface area contributed by atoms with Crippen LogP contribution < -0.4 is 10.6 Å². The molecule has 0 fully saturated rings. The highest BCUT2D eigenvalue weighted by Gasteiger charge is 2.02. The van der Waals surface area contributed by atoms with Crippen molar-refractivity contribution >= 4 is 6.03 Å². The third-order valence-electron chi connectivity index (χ3n) is 1.75. The lowest BCUT2D eigenvalue weighted by atomic mass is 10.5. The maximum Gasteiger partial charge on any atom is 0.315 e. The van der Waals surface area contributed by atoms with Crippen LogP contribution in [-0.4, -0.2) is 27.3 Å². The summed E-state index contributed by atoms with van der Waals surface area (Å²) >= 11 is 0. The third-order valence-corrected chi connectivity index (χ3v) is 1.75. The van der Waals surface area contributed by atoms with Gasteiger partial charge in [0.2, 0.25) is 0 Å². The molecule has 2 N–H and O–H groups in total. The lowest BCUT2D eigenvalue weighted by Crippen LogP contribution is -2.35. The predicted molar refractivity (Wildman–Crippen MR) is 51.5 cm³/mol. The first kappa shape index (κ1) is 10.5. The quantitative estimate of drug-likeness (QED) is 0.715. The number of hydrogen-bond donors (Lipinski definition) is 2. The summed E-state index contributed by atoms with van der Waals surface area (Å²) in [5, 5.41) is 12.9. The topological polar surface area (TPSA) is 71.8 Å². The monoisotopic (exact) mass is 197 g/mol. The minimum atomic E-state index is -0.171. The standard InChI is InChI=1S/C8H15N5O/c1-3-4-9-8(14)10-5-7-12-11-6-13(7)2/h6H,3-5H2,1-2H3,(H2,9,10,14). The van der Waals surface area contributed by atoms with Crippen LogP contribution in [0.3, 0.4) is 0 Å². The fourth-order valence-electron chi connectivity index (χ4n) is 0.928. The van der Waals surface area contributed by atoms with Gasteiger partial charge in [-0.05, 0) is 6.42 Å². The van der Waals surface area contributed by atoms with Crippen molar-refractivity contribution in [2.45, 2.75) is 19.9 Å². The van der Waals surface area contributed by atoms with E-state index in [2.05, 4.69) is 20.8 Å². The Morgan fingerprint density at radius 3 is 2.93 bits per heavy atom. The number of urea groups is 1. The van der Waals surface area contributed by atoms with Crippen LogP contribution >= 0.6 is 0 Å². The zero-order chi connectivity index (χ0) is 10.4. The molecule has 0 spiro atoms. The van der Waals surface area contributed by atoms with Gasteiger partial charge in [0.1, 0.15) is 6.33 Å². The Bertz CT molecular complexity index is 296. The summed E-state index contributed by atoms with van der Waals surface area (Å²) in [7, 11) is 1.83. The number of nitrogens with one attached hydrogen (secondary N) is 2. The Morgan fingerprint density at radius 2 is 2.36 bits per heavy atom. The fourth-order valence-corrected chi connectivity index (χ4v) is 0.928. The summed E-state index contributed by atoms with van der Waals surface area (Å²) < 4.78 is 1.76. The van der Waals surface area contributed by atoms with E-state index < -0.39 is 0 Å². The molecule has 0 aliphatic rings. The van der Waals surface area contributed by atoms with Gasteiger partial charge in [-0.3, -0.25) is 0 Å². The average Bonchev–Trinajstić information content (AvgIpc) is 2.58. The molecule has 0 aromatic carbocycles. The first-order valence-electron chi connectivity index (χ1n) is 4.58. The van der Waals surface area contributed by atoms with Crippen molar-refractivity contribution in [2.24, 2.45) is 7.05 Å². The molecule has 6 heteroatoms. The molecule has 78 valence electrons. The molecule has 6 nitrogen and oxygen atoms in total. The van der Waals surface area contributed by atoms with Crippen LogP contribution in [0.4, 0.5) is 4.79 Å². The average molecular weight is 197 g/mol. The van der Waals surface area contributed by atoms with Crippen LogP contribution in [0.5, 0.6) is 0 Å². The summed E-state index contributed by atoms with van der Waals surface area (Å²) in [6.07, 6.45) is 2.53. The second-order valence-corrected chi connectivity index (χ2v) is 2.97. The molecule has 1 aromatic rings. The number of hydrogen-bond acceptors (Lipinski definition) is 3. The molecule has 0 unspecified atom stereocenters. The number of carbonyl (C=O) groups excluding carboxylic acids is 1. The smallest absolute Gasteiger partial charge is 0.315 e. The van der Waals surface area contributed by atoms with Gasteiger partial charge in [0, 0.05) is 13.6 Å². The molecule has 0 aliphatic heterocycles. The molecule has 1 rings (SSSR count). The normalized spacial score (nSPS) is 9.86. The van der Waals surface area contributed by atoms with Gasteiger partial charge in [-0.2, -0.15) is 0 Å². The largest absolute Gasteiger partial charge is 0.338 e. The van der Waals surface area contributed by atoms with E-state index in [0.717, 1.165) is 12.2 Å². The van der Waals surface area contributed by atoms with Gasteiger partial charge in [0.05, 0.1) is 6.54 Å². The summed E-state index contributed by atoms with van der Waals surface area (Å²) in [6.45, 7) is 3.08. The van der Waals surface area contributed by atoms with E-state index >= 15 is 0 Å². The maximum absolute atomic E-state index is 11.1. The van der Waals surface area contributed by atoms with Crippen LogP contribution in [-0.2, 0) is 13.6 Å². The van der Waals surface area contributed by atoms with E-state index in [1.54, 1.807) is 10.9 Å². The van der Waals surface area contributed by atoms with Gasteiger partial charge in [0.15, 0.2) is 5.82 Å². The van der Waals surface area contributed by atoms with Crippen LogP contribution in [0, 0.1) is 0 Å². The lowest BCUT2D eigenvalue weighted by molar-refractivity contribution is 0.240. The second kappa shape index (κ2) is 5.21. The summed E-state index contributed by atoms with van der Waals surface area (Å²) in [5.41, 5.74) is 0. The van der Waals surface area contributed by atoms with Crippen molar-refractivity contribution < 1.29 is 4.79 Å². The van der Waals surface area contributed by atoms with Gasteiger partial charge >= 0.3 is 6.03 Å². The van der Waals surface area contributed by atoms with E-state index in [1.807, 2.05) is 14.0 Å². The van der Waals surface area contributed by atoms with Crippen LogP contribution in [0.15, 0.2) is 6.33 Å². The SMILES string of the molecule is CCCNC(=O)NCc1nncn1C. The zero-order valence-corrected chi connectivity index (χ0v) is 8.45. The number of aromatic nitrogens is 3. The first-order valence-corrected chi connectivity index (χ1v) is 4.58.